The van der Waals surface area contributed by atoms with E-state index in [9.17, 15) is 4.79 Å². The van der Waals surface area contributed by atoms with Gasteiger partial charge in [-0.25, -0.2) is 4.98 Å². The third kappa shape index (κ3) is 4.03. The van der Waals surface area contributed by atoms with Crippen LogP contribution in [-0.4, -0.2) is 40.4 Å². The van der Waals surface area contributed by atoms with Crippen LogP contribution in [0.25, 0.3) is 11.0 Å². The summed E-state index contributed by atoms with van der Waals surface area (Å²) in [6, 6.07) is 14.2. The maximum Gasteiger partial charge on any atom is 0.238 e. The number of hydrogen-bond acceptors (Lipinski definition) is 3. The maximum atomic E-state index is 12.5. The summed E-state index contributed by atoms with van der Waals surface area (Å²) in [6.07, 6.45) is 2.19. The molecule has 1 fully saturated rings. The van der Waals surface area contributed by atoms with Crippen molar-refractivity contribution in [1.29, 1.82) is 0 Å². The van der Waals surface area contributed by atoms with Crippen LogP contribution in [0.2, 0.25) is 0 Å². The molecule has 4 rings (SSSR count). The standard InChI is InChI=1S/C22H26N4O/c1-15-9-10-18(16(2)12-15)23-21(27)14-26-11-5-6-17(13-26)22-24-19-7-3-4-8-20(19)25-22/h3-4,7-10,12,17H,5-6,11,13-14H2,1-2H3,(H,23,27)(H,24,25). The Labute approximate surface area is 159 Å². The van der Waals surface area contributed by atoms with E-state index in [1.165, 1.54) is 5.56 Å². The second kappa shape index (κ2) is 7.53. The van der Waals surface area contributed by atoms with Crippen molar-refractivity contribution in [3.63, 3.8) is 0 Å². The normalized spacial score (nSPS) is 17.9. The number of likely N-dealkylation sites (tertiary alicyclic amines) is 1. The number of aromatic amines is 1. The minimum atomic E-state index is 0.0483. The zero-order chi connectivity index (χ0) is 18.8. The Kier molecular flexibility index (Phi) is 4.94. The number of para-hydroxylation sites is 2. The fourth-order valence-corrected chi connectivity index (χ4v) is 3.93. The number of aryl methyl sites for hydroxylation is 2. The summed E-state index contributed by atoms with van der Waals surface area (Å²) >= 11 is 0. The number of piperidine rings is 1. The summed E-state index contributed by atoms with van der Waals surface area (Å²) in [6.45, 7) is 6.33. The maximum absolute atomic E-state index is 12.5. The number of fused-ring (bicyclic) bond motifs is 1. The Morgan fingerprint density at radius 3 is 2.93 bits per heavy atom. The molecule has 2 heterocycles. The fraction of sp³-hybridized carbons (Fsp3) is 0.364. The van der Waals surface area contributed by atoms with Gasteiger partial charge in [0.05, 0.1) is 17.6 Å². The number of hydrogen-bond donors (Lipinski definition) is 2. The number of aromatic nitrogens is 2. The number of amides is 1. The molecule has 0 spiro atoms. The Morgan fingerprint density at radius 2 is 2.11 bits per heavy atom. The summed E-state index contributed by atoms with van der Waals surface area (Å²) in [5.41, 5.74) is 5.29. The SMILES string of the molecule is Cc1ccc(NC(=O)CN2CCCC(c3nc4ccccc4[nH]3)C2)c(C)c1. The Bertz CT molecular complexity index is 929. The van der Waals surface area contributed by atoms with Gasteiger partial charge in [0.15, 0.2) is 0 Å². The zero-order valence-corrected chi connectivity index (χ0v) is 16.0. The van der Waals surface area contributed by atoms with Crippen LogP contribution < -0.4 is 5.32 Å². The first kappa shape index (κ1) is 17.7. The highest BCUT2D eigenvalue weighted by atomic mass is 16.2. The summed E-state index contributed by atoms with van der Waals surface area (Å²) in [7, 11) is 0. The third-order valence-electron chi connectivity index (χ3n) is 5.32. The number of carbonyl (C=O) groups is 1. The van der Waals surface area contributed by atoms with Crippen molar-refractivity contribution >= 4 is 22.6 Å². The van der Waals surface area contributed by atoms with Crippen LogP contribution in [-0.2, 0) is 4.79 Å². The topological polar surface area (TPSA) is 61.0 Å². The number of benzene rings is 2. The van der Waals surface area contributed by atoms with E-state index in [-0.39, 0.29) is 5.91 Å². The van der Waals surface area contributed by atoms with Crippen LogP contribution in [0.4, 0.5) is 5.69 Å². The number of rotatable bonds is 4. The van der Waals surface area contributed by atoms with Crippen LogP contribution in [0.1, 0.15) is 35.7 Å². The van der Waals surface area contributed by atoms with Crippen LogP contribution in [0.3, 0.4) is 0 Å². The molecule has 140 valence electrons. The quantitative estimate of drug-likeness (QED) is 0.737. The van der Waals surface area contributed by atoms with Crippen molar-refractivity contribution < 1.29 is 4.79 Å². The molecule has 27 heavy (non-hydrogen) atoms. The second-order valence-corrected chi connectivity index (χ2v) is 7.58. The molecular formula is C22H26N4O. The van der Waals surface area contributed by atoms with Gasteiger partial charge in [0.25, 0.3) is 0 Å². The molecule has 1 amide bonds. The molecule has 0 aliphatic carbocycles. The molecule has 2 aromatic carbocycles. The monoisotopic (exact) mass is 362 g/mol. The minimum absolute atomic E-state index is 0.0483. The van der Waals surface area contributed by atoms with Crippen molar-refractivity contribution in [1.82, 2.24) is 14.9 Å². The first-order valence-corrected chi connectivity index (χ1v) is 9.62. The second-order valence-electron chi connectivity index (χ2n) is 7.58. The predicted octanol–water partition coefficient (Wildman–Crippen LogP) is 4.00. The van der Waals surface area contributed by atoms with E-state index in [0.717, 1.165) is 54.0 Å². The summed E-state index contributed by atoms with van der Waals surface area (Å²) in [5, 5.41) is 3.06. The number of nitrogens with one attached hydrogen (secondary N) is 2. The van der Waals surface area contributed by atoms with Gasteiger partial charge in [-0.3, -0.25) is 9.69 Å². The third-order valence-corrected chi connectivity index (χ3v) is 5.32. The summed E-state index contributed by atoms with van der Waals surface area (Å²) in [5.74, 6) is 1.43. The highest BCUT2D eigenvalue weighted by Crippen LogP contribution is 2.26. The van der Waals surface area contributed by atoms with Crippen molar-refractivity contribution in [2.45, 2.75) is 32.6 Å². The lowest BCUT2D eigenvalue weighted by Crippen LogP contribution is -2.40. The molecule has 5 heteroatoms. The average molecular weight is 362 g/mol. The van der Waals surface area contributed by atoms with Crippen molar-refractivity contribution in [2.75, 3.05) is 25.0 Å². The van der Waals surface area contributed by atoms with Gasteiger partial charge in [-0.1, -0.05) is 29.8 Å². The van der Waals surface area contributed by atoms with Crippen LogP contribution in [0.5, 0.6) is 0 Å². The van der Waals surface area contributed by atoms with Gasteiger partial charge in [-0.15, -0.1) is 0 Å². The predicted molar refractivity (Wildman–Crippen MR) is 109 cm³/mol. The molecule has 0 bridgehead atoms. The molecule has 0 saturated carbocycles. The molecule has 1 aliphatic rings. The highest BCUT2D eigenvalue weighted by molar-refractivity contribution is 5.93. The number of H-pyrrole nitrogens is 1. The van der Waals surface area contributed by atoms with E-state index in [2.05, 4.69) is 34.3 Å². The number of nitrogens with zero attached hydrogens (tertiary/aromatic N) is 2. The van der Waals surface area contributed by atoms with E-state index in [0.29, 0.717) is 12.5 Å². The van der Waals surface area contributed by atoms with E-state index in [4.69, 9.17) is 4.98 Å². The smallest absolute Gasteiger partial charge is 0.238 e. The van der Waals surface area contributed by atoms with Gasteiger partial charge >= 0.3 is 0 Å². The Balaban J connectivity index is 1.40. The first-order chi connectivity index (χ1) is 13.1. The lowest BCUT2D eigenvalue weighted by atomic mass is 9.97. The average Bonchev–Trinajstić information content (AvgIpc) is 3.08. The van der Waals surface area contributed by atoms with Crippen molar-refractivity contribution in [3.8, 4) is 0 Å². The largest absolute Gasteiger partial charge is 0.342 e. The molecule has 1 saturated heterocycles. The molecule has 5 nitrogen and oxygen atoms in total. The number of carbonyl (C=O) groups excluding carboxylic acids is 1. The van der Waals surface area contributed by atoms with Crippen LogP contribution >= 0.6 is 0 Å². The van der Waals surface area contributed by atoms with Crippen molar-refractivity contribution in [2.24, 2.45) is 0 Å². The molecular weight excluding hydrogens is 336 g/mol. The lowest BCUT2D eigenvalue weighted by molar-refractivity contribution is -0.117. The highest BCUT2D eigenvalue weighted by Gasteiger charge is 2.25. The minimum Gasteiger partial charge on any atom is -0.342 e. The number of imidazole rings is 1. The molecule has 0 radical (unpaired) electrons. The molecule has 1 aromatic heterocycles. The Morgan fingerprint density at radius 1 is 1.26 bits per heavy atom. The van der Waals surface area contributed by atoms with Gasteiger partial charge in [-0.2, -0.15) is 0 Å². The van der Waals surface area contributed by atoms with Crippen LogP contribution in [0, 0.1) is 13.8 Å². The van der Waals surface area contributed by atoms with Gasteiger partial charge in [-0.05, 0) is 57.0 Å². The summed E-state index contributed by atoms with van der Waals surface area (Å²) < 4.78 is 0. The van der Waals surface area contributed by atoms with Gasteiger partial charge < -0.3 is 10.3 Å². The van der Waals surface area contributed by atoms with E-state index >= 15 is 0 Å². The van der Waals surface area contributed by atoms with Crippen LogP contribution in [0.15, 0.2) is 42.5 Å². The van der Waals surface area contributed by atoms with Gasteiger partial charge in [0, 0.05) is 18.2 Å². The van der Waals surface area contributed by atoms with E-state index in [1.54, 1.807) is 0 Å². The first-order valence-electron chi connectivity index (χ1n) is 9.62. The van der Waals surface area contributed by atoms with E-state index in [1.807, 2.05) is 37.3 Å². The summed E-state index contributed by atoms with van der Waals surface area (Å²) in [4.78, 5) is 23.0. The van der Waals surface area contributed by atoms with Gasteiger partial charge in [0.2, 0.25) is 5.91 Å². The van der Waals surface area contributed by atoms with Gasteiger partial charge in [0.1, 0.15) is 5.82 Å². The van der Waals surface area contributed by atoms with E-state index < -0.39 is 0 Å². The molecule has 3 aromatic rings. The molecule has 1 aliphatic heterocycles. The molecule has 1 atom stereocenters. The zero-order valence-electron chi connectivity index (χ0n) is 16.0. The molecule has 1 unspecified atom stereocenters. The lowest BCUT2D eigenvalue weighted by Gasteiger charge is -2.31. The van der Waals surface area contributed by atoms with Crippen molar-refractivity contribution in [3.05, 3.63) is 59.4 Å². The molecule has 2 N–H and O–H groups in total. The fourth-order valence-electron chi connectivity index (χ4n) is 3.93. The Hall–Kier alpha value is -2.66. The number of anilines is 1.